The Balaban J connectivity index is 0.000000409. The maximum Gasteiger partial charge on any atom is 0.414 e. The molecule has 28 heavy (non-hydrogen) atoms. The Kier molecular flexibility index (Phi) is 7.28. The van der Waals surface area contributed by atoms with Crippen LogP contribution in [0.4, 0.5) is 10.3 Å². The first kappa shape index (κ1) is 21.1. The highest BCUT2D eigenvalue weighted by Gasteiger charge is 2.08. The lowest BCUT2D eigenvalue weighted by Gasteiger charge is -2.09. The van der Waals surface area contributed by atoms with Gasteiger partial charge in [0.25, 0.3) is 0 Å². The second kappa shape index (κ2) is 9.65. The number of benzene rings is 2. The van der Waals surface area contributed by atoms with Crippen molar-refractivity contribution in [1.29, 1.82) is 0 Å². The van der Waals surface area contributed by atoms with Gasteiger partial charge in [0, 0.05) is 23.6 Å². The van der Waals surface area contributed by atoms with E-state index in [1.165, 1.54) is 17.7 Å². The van der Waals surface area contributed by atoms with E-state index in [-0.39, 0.29) is 5.82 Å². The van der Waals surface area contributed by atoms with E-state index in [4.69, 9.17) is 19.8 Å². The summed E-state index contributed by atoms with van der Waals surface area (Å²) in [5, 5.41) is 18.1. The Morgan fingerprint density at radius 1 is 1.14 bits per heavy atom. The largest absolute Gasteiger partial charge is 0.473 e. The summed E-state index contributed by atoms with van der Waals surface area (Å²) in [7, 11) is 1.94. The monoisotopic (exact) mass is 449 g/mol. The number of imidazole rings is 1. The SMILES string of the molecule is Cn1c(-c2ccc(F)cc2)cnc1NCc1cccc(Br)c1.O=C(O)C(=O)O. The van der Waals surface area contributed by atoms with Crippen molar-refractivity contribution in [1.82, 2.24) is 9.55 Å². The van der Waals surface area contributed by atoms with E-state index in [0.29, 0.717) is 6.54 Å². The molecule has 0 radical (unpaired) electrons. The molecule has 2 aromatic carbocycles. The molecule has 7 nitrogen and oxygen atoms in total. The summed E-state index contributed by atoms with van der Waals surface area (Å²) in [6.45, 7) is 0.688. The summed E-state index contributed by atoms with van der Waals surface area (Å²) in [5.41, 5.74) is 3.05. The highest BCUT2D eigenvalue weighted by molar-refractivity contribution is 9.10. The van der Waals surface area contributed by atoms with Crippen molar-refractivity contribution >= 4 is 33.8 Å². The molecule has 0 saturated carbocycles. The maximum absolute atomic E-state index is 13.0. The quantitative estimate of drug-likeness (QED) is 0.523. The summed E-state index contributed by atoms with van der Waals surface area (Å²) >= 11 is 3.46. The number of carboxylic acids is 2. The van der Waals surface area contributed by atoms with Crippen LogP contribution < -0.4 is 5.32 Å². The summed E-state index contributed by atoms with van der Waals surface area (Å²) in [5.74, 6) is -3.11. The van der Waals surface area contributed by atoms with Gasteiger partial charge in [-0.05, 0) is 42.0 Å². The number of nitrogens with zero attached hydrogens (tertiary/aromatic N) is 2. The van der Waals surface area contributed by atoms with Gasteiger partial charge in [0.05, 0.1) is 11.9 Å². The first-order valence-electron chi connectivity index (χ1n) is 8.00. The number of carboxylic acid groups (broad SMARTS) is 2. The third-order valence-corrected chi connectivity index (χ3v) is 4.14. The molecule has 1 aromatic heterocycles. The number of carbonyl (C=O) groups is 2. The molecule has 3 N–H and O–H groups in total. The summed E-state index contributed by atoms with van der Waals surface area (Å²) in [4.78, 5) is 22.6. The van der Waals surface area contributed by atoms with E-state index in [9.17, 15) is 4.39 Å². The number of anilines is 1. The number of aromatic nitrogens is 2. The second-order valence-corrected chi connectivity index (χ2v) is 6.54. The molecule has 3 aromatic rings. The zero-order chi connectivity index (χ0) is 20.7. The standard InChI is InChI=1S/C17H15BrFN3.C2H2O4/c1-22-16(13-5-7-15(19)8-6-13)11-21-17(22)20-10-12-3-2-4-14(18)9-12;3-1(4)2(5)6/h2-9,11H,10H2,1H3,(H,20,21);(H,3,4)(H,5,6). The molecule has 0 aliphatic carbocycles. The zero-order valence-electron chi connectivity index (χ0n) is 14.8. The van der Waals surface area contributed by atoms with Crippen molar-refractivity contribution in [2.45, 2.75) is 6.54 Å². The molecule has 1 heterocycles. The molecular weight excluding hydrogens is 433 g/mol. The lowest BCUT2D eigenvalue weighted by Crippen LogP contribution is -2.09. The van der Waals surface area contributed by atoms with E-state index in [0.717, 1.165) is 21.7 Å². The predicted molar refractivity (Wildman–Crippen MR) is 105 cm³/mol. The Bertz CT molecular complexity index is 962. The van der Waals surface area contributed by atoms with Gasteiger partial charge in [-0.3, -0.25) is 0 Å². The molecule has 9 heteroatoms. The first-order chi connectivity index (χ1) is 13.3. The summed E-state index contributed by atoms with van der Waals surface area (Å²) < 4.78 is 16.0. The zero-order valence-corrected chi connectivity index (χ0v) is 16.4. The number of rotatable bonds is 4. The van der Waals surface area contributed by atoms with E-state index < -0.39 is 11.9 Å². The Morgan fingerprint density at radius 3 is 2.36 bits per heavy atom. The highest BCUT2D eigenvalue weighted by atomic mass is 79.9. The van der Waals surface area contributed by atoms with Gasteiger partial charge >= 0.3 is 11.9 Å². The molecule has 0 saturated heterocycles. The first-order valence-corrected chi connectivity index (χ1v) is 8.79. The molecule has 146 valence electrons. The van der Waals surface area contributed by atoms with Crippen molar-refractivity contribution in [2.24, 2.45) is 7.05 Å². The van der Waals surface area contributed by atoms with Gasteiger partial charge in [0.2, 0.25) is 5.95 Å². The van der Waals surface area contributed by atoms with Gasteiger partial charge in [-0.2, -0.15) is 0 Å². The average Bonchev–Trinajstić information content (AvgIpc) is 3.02. The fourth-order valence-electron chi connectivity index (χ4n) is 2.29. The lowest BCUT2D eigenvalue weighted by atomic mass is 10.2. The number of hydrogen-bond donors (Lipinski definition) is 3. The van der Waals surface area contributed by atoms with Gasteiger partial charge in [-0.15, -0.1) is 0 Å². The van der Waals surface area contributed by atoms with Crippen LogP contribution in [0.3, 0.4) is 0 Å². The number of halogens is 2. The number of hydrogen-bond acceptors (Lipinski definition) is 4. The minimum Gasteiger partial charge on any atom is -0.473 e. The van der Waals surface area contributed by atoms with Crippen molar-refractivity contribution in [3.63, 3.8) is 0 Å². The van der Waals surface area contributed by atoms with Crippen LogP contribution in [0.25, 0.3) is 11.3 Å². The Labute approximate surface area is 168 Å². The van der Waals surface area contributed by atoms with E-state index >= 15 is 0 Å². The Morgan fingerprint density at radius 2 is 1.79 bits per heavy atom. The van der Waals surface area contributed by atoms with Crippen molar-refractivity contribution in [2.75, 3.05) is 5.32 Å². The fraction of sp³-hybridized carbons (Fsp3) is 0.105. The van der Waals surface area contributed by atoms with Crippen LogP contribution in [0, 0.1) is 5.82 Å². The molecule has 0 amide bonds. The van der Waals surface area contributed by atoms with Gasteiger partial charge in [0.1, 0.15) is 5.82 Å². The molecular formula is C19H17BrFN3O4. The predicted octanol–water partition coefficient (Wildman–Crippen LogP) is 3.76. The van der Waals surface area contributed by atoms with Crippen molar-refractivity contribution in [3.8, 4) is 11.3 Å². The van der Waals surface area contributed by atoms with Crippen molar-refractivity contribution in [3.05, 3.63) is 70.6 Å². The summed E-state index contributed by atoms with van der Waals surface area (Å²) in [6.07, 6.45) is 1.79. The number of aliphatic carboxylic acids is 2. The topological polar surface area (TPSA) is 104 Å². The van der Waals surface area contributed by atoms with Crippen LogP contribution in [-0.2, 0) is 23.2 Å². The number of nitrogens with one attached hydrogen (secondary N) is 1. The normalized spacial score (nSPS) is 9.96. The van der Waals surface area contributed by atoms with Gasteiger partial charge in [-0.1, -0.05) is 28.1 Å². The fourth-order valence-corrected chi connectivity index (χ4v) is 2.74. The molecule has 0 fully saturated rings. The maximum atomic E-state index is 13.0. The van der Waals surface area contributed by atoms with Crippen LogP contribution in [0.2, 0.25) is 0 Å². The van der Waals surface area contributed by atoms with Crippen LogP contribution in [0.5, 0.6) is 0 Å². The van der Waals surface area contributed by atoms with E-state index in [1.807, 2.05) is 23.7 Å². The van der Waals surface area contributed by atoms with E-state index in [2.05, 4.69) is 38.4 Å². The van der Waals surface area contributed by atoms with Crippen LogP contribution in [-0.4, -0.2) is 31.7 Å². The highest BCUT2D eigenvalue weighted by Crippen LogP contribution is 2.22. The van der Waals surface area contributed by atoms with Crippen LogP contribution >= 0.6 is 15.9 Å². The van der Waals surface area contributed by atoms with Gasteiger partial charge < -0.3 is 20.1 Å². The molecule has 0 unspecified atom stereocenters. The molecule has 0 spiro atoms. The van der Waals surface area contributed by atoms with E-state index in [1.54, 1.807) is 18.3 Å². The minimum atomic E-state index is -1.82. The average molecular weight is 450 g/mol. The lowest BCUT2D eigenvalue weighted by molar-refractivity contribution is -0.159. The third kappa shape index (κ3) is 5.92. The molecule has 0 aliphatic heterocycles. The molecule has 0 bridgehead atoms. The Hall–Kier alpha value is -3.20. The molecule has 3 rings (SSSR count). The van der Waals surface area contributed by atoms with Crippen LogP contribution in [0.15, 0.2) is 59.2 Å². The summed E-state index contributed by atoms with van der Waals surface area (Å²) in [6, 6.07) is 14.5. The molecule has 0 atom stereocenters. The smallest absolute Gasteiger partial charge is 0.414 e. The minimum absolute atomic E-state index is 0.237. The second-order valence-electron chi connectivity index (χ2n) is 5.63. The van der Waals surface area contributed by atoms with Crippen LogP contribution in [0.1, 0.15) is 5.56 Å². The van der Waals surface area contributed by atoms with Gasteiger partial charge in [0.15, 0.2) is 0 Å². The van der Waals surface area contributed by atoms with Gasteiger partial charge in [-0.25, -0.2) is 19.0 Å². The molecule has 0 aliphatic rings. The third-order valence-electron chi connectivity index (χ3n) is 3.65. The van der Waals surface area contributed by atoms with Crippen molar-refractivity contribution < 1.29 is 24.2 Å².